The van der Waals surface area contributed by atoms with Crippen molar-refractivity contribution in [3.05, 3.63) is 61.9 Å². The van der Waals surface area contributed by atoms with Crippen molar-refractivity contribution in [3.8, 4) is 16.9 Å². The Morgan fingerprint density at radius 1 is 1.03 bits per heavy atom. The van der Waals surface area contributed by atoms with E-state index in [9.17, 15) is 23.1 Å². The van der Waals surface area contributed by atoms with Crippen LogP contribution in [0.2, 0.25) is 10.0 Å². The first kappa shape index (κ1) is 23.0. The van der Waals surface area contributed by atoms with E-state index in [1.54, 1.807) is 0 Å². The molecule has 2 heterocycles. The van der Waals surface area contributed by atoms with Gasteiger partial charge in [0.05, 0.1) is 34.6 Å². The van der Waals surface area contributed by atoms with Crippen molar-refractivity contribution < 1.29 is 27.6 Å². The summed E-state index contributed by atoms with van der Waals surface area (Å²) in [5.41, 5.74) is -1.70. The molecule has 1 fully saturated rings. The molecule has 0 amide bonds. The lowest BCUT2D eigenvalue weighted by molar-refractivity contribution is -0.913. The number of rotatable bonds is 3. The van der Waals surface area contributed by atoms with Gasteiger partial charge in [-0.2, -0.15) is 13.2 Å². The van der Waals surface area contributed by atoms with Crippen LogP contribution in [0, 0.1) is 0 Å². The fraction of sp³-hybridized carbons (Fsp3) is 0.348. The summed E-state index contributed by atoms with van der Waals surface area (Å²) in [7, 11) is 0. The van der Waals surface area contributed by atoms with Crippen LogP contribution in [0.15, 0.2) is 39.5 Å². The Bertz CT molecular complexity index is 1220. The molecular formula is C23H21Cl2F3NO3+. The van der Waals surface area contributed by atoms with E-state index in [4.69, 9.17) is 27.6 Å². The predicted molar refractivity (Wildman–Crippen MR) is 117 cm³/mol. The maximum absolute atomic E-state index is 14.0. The van der Waals surface area contributed by atoms with Crippen LogP contribution >= 0.6 is 23.2 Å². The van der Waals surface area contributed by atoms with Crippen molar-refractivity contribution in [2.45, 2.75) is 38.4 Å². The van der Waals surface area contributed by atoms with Gasteiger partial charge in [0, 0.05) is 10.6 Å². The van der Waals surface area contributed by atoms with Gasteiger partial charge in [-0.1, -0.05) is 29.3 Å². The van der Waals surface area contributed by atoms with Gasteiger partial charge >= 0.3 is 6.18 Å². The maximum Gasteiger partial charge on any atom is 0.450 e. The molecule has 32 heavy (non-hydrogen) atoms. The summed E-state index contributed by atoms with van der Waals surface area (Å²) in [6, 6.07) is 6.50. The number of hydrogen-bond donors (Lipinski definition) is 2. The zero-order valence-corrected chi connectivity index (χ0v) is 18.5. The smallest absolute Gasteiger partial charge is 0.450 e. The standard InChI is InChI=1S/C23H20Cl2F3NO3/c24-13-5-6-14(17(25)11-13)19-20(31)15-7-8-18(30)16(12-29-9-3-1-2-4-10-29)21(15)32-22(19)23(26,27)28/h5-8,11,30H,1-4,9-10,12H2/p+1. The highest BCUT2D eigenvalue weighted by atomic mass is 35.5. The van der Waals surface area contributed by atoms with Crippen molar-refractivity contribution >= 4 is 34.2 Å². The first-order valence-corrected chi connectivity index (χ1v) is 11.1. The largest absolute Gasteiger partial charge is 0.507 e. The number of phenolic OH excluding ortho intramolecular Hbond substituents is 1. The van der Waals surface area contributed by atoms with Crippen LogP contribution in [0.4, 0.5) is 13.2 Å². The lowest BCUT2D eigenvalue weighted by Crippen LogP contribution is -3.10. The summed E-state index contributed by atoms with van der Waals surface area (Å²) in [6.07, 6.45) is -0.757. The average molecular weight is 487 g/mol. The van der Waals surface area contributed by atoms with Crippen LogP contribution in [-0.4, -0.2) is 18.2 Å². The molecule has 2 aromatic carbocycles. The van der Waals surface area contributed by atoms with Crippen molar-refractivity contribution in [1.82, 2.24) is 0 Å². The third kappa shape index (κ3) is 4.47. The number of hydrogen-bond acceptors (Lipinski definition) is 3. The van der Waals surface area contributed by atoms with Crippen LogP contribution in [0.3, 0.4) is 0 Å². The van der Waals surface area contributed by atoms with Gasteiger partial charge in [-0.15, -0.1) is 0 Å². The number of quaternary nitrogens is 1. The summed E-state index contributed by atoms with van der Waals surface area (Å²) in [5.74, 6) is -1.64. The van der Waals surface area contributed by atoms with E-state index in [2.05, 4.69) is 0 Å². The fourth-order valence-electron chi connectivity index (χ4n) is 4.27. The highest BCUT2D eigenvalue weighted by molar-refractivity contribution is 6.36. The van der Waals surface area contributed by atoms with Crippen molar-refractivity contribution in [1.29, 1.82) is 0 Å². The van der Waals surface area contributed by atoms with Crippen molar-refractivity contribution in [2.75, 3.05) is 13.1 Å². The predicted octanol–water partition coefficient (Wildman–Crippen LogP) is 5.45. The average Bonchev–Trinajstić information content (AvgIpc) is 2.99. The minimum atomic E-state index is -4.95. The molecule has 4 rings (SSSR count). The van der Waals surface area contributed by atoms with Gasteiger partial charge in [-0.05, 0) is 49.9 Å². The first-order valence-electron chi connectivity index (χ1n) is 10.3. The normalized spacial score (nSPS) is 15.8. The van der Waals surface area contributed by atoms with Crippen LogP contribution in [0.5, 0.6) is 5.75 Å². The van der Waals surface area contributed by atoms with E-state index in [0.29, 0.717) is 0 Å². The topological polar surface area (TPSA) is 54.9 Å². The molecule has 0 spiro atoms. The lowest BCUT2D eigenvalue weighted by Gasteiger charge is -2.19. The second kappa shape index (κ2) is 8.96. The Morgan fingerprint density at radius 3 is 2.34 bits per heavy atom. The minimum absolute atomic E-state index is 0.0407. The molecule has 0 radical (unpaired) electrons. The van der Waals surface area contributed by atoms with Crippen LogP contribution < -0.4 is 10.3 Å². The Labute approximate surface area is 192 Å². The zero-order valence-electron chi connectivity index (χ0n) is 17.0. The van der Waals surface area contributed by atoms with Crippen LogP contribution in [0.1, 0.15) is 37.0 Å². The number of halogens is 5. The SMILES string of the molecule is O=c1c(-c2ccc(Cl)cc2Cl)c(C(F)(F)F)oc2c(C[NH+]3CCCCCC3)c(O)ccc12. The van der Waals surface area contributed by atoms with Crippen molar-refractivity contribution in [3.63, 3.8) is 0 Å². The Hall–Kier alpha value is -2.22. The third-order valence-corrected chi connectivity index (χ3v) is 6.38. The second-order valence-corrected chi connectivity index (χ2v) is 8.88. The Morgan fingerprint density at radius 2 is 1.72 bits per heavy atom. The van der Waals surface area contributed by atoms with E-state index in [1.165, 1.54) is 30.3 Å². The molecule has 3 aromatic rings. The summed E-state index contributed by atoms with van der Waals surface area (Å²) in [6.45, 7) is 1.94. The number of benzene rings is 2. The Balaban J connectivity index is 1.96. The molecule has 1 aromatic heterocycles. The summed E-state index contributed by atoms with van der Waals surface area (Å²) < 4.78 is 47.5. The molecular weight excluding hydrogens is 466 g/mol. The maximum atomic E-state index is 14.0. The quantitative estimate of drug-likeness (QED) is 0.517. The molecule has 1 aliphatic rings. The number of fused-ring (bicyclic) bond motifs is 1. The summed E-state index contributed by atoms with van der Waals surface area (Å²) in [5, 5.41) is 10.6. The number of alkyl halides is 3. The van der Waals surface area contributed by atoms with E-state index in [0.717, 1.165) is 43.7 Å². The van der Waals surface area contributed by atoms with Gasteiger partial charge in [-0.25, -0.2) is 0 Å². The van der Waals surface area contributed by atoms with E-state index < -0.39 is 22.9 Å². The number of nitrogens with one attached hydrogen (secondary N) is 1. The second-order valence-electron chi connectivity index (χ2n) is 8.04. The molecule has 0 aliphatic carbocycles. The molecule has 0 unspecified atom stereocenters. The molecule has 0 atom stereocenters. The number of likely N-dealkylation sites (tertiary alicyclic amines) is 1. The van der Waals surface area contributed by atoms with Gasteiger partial charge in [0.2, 0.25) is 11.2 Å². The molecule has 9 heteroatoms. The van der Waals surface area contributed by atoms with Gasteiger partial charge in [0.1, 0.15) is 12.3 Å². The van der Waals surface area contributed by atoms with Gasteiger partial charge < -0.3 is 14.4 Å². The summed E-state index contributed by atoms with van der Waals surface area (Å²) in [4.78, 5) is 14.4. The number of aromatic hydroxyl groups is 1. The third-order valence-electron chi connectivity index (χ3n) is 5.83. The van der Waals surface area contributed by atoms with Crippen molar-refractivity contribution in [2.24, 2.45) is 0 Å². The van der Waals surface area contributed by atoms with Crippen LogP contribution in [0.25, 0.3) is 22.1 Å². The lowest BCUT2D eigenvalue weighted by atomic mass is 10.00. The van der Waals surface area contributed by atoms with Gasteiger partial charge in [0.25, 0.3) is 0 Å². The molecule has 1 saturated heterocycles. The molecule has 2 N–H and O–H groups in total. The Kier molecular flexibility index (Phi) is 6.43. The van der Waals surface area contributed by atoms with Gasteiger partial charge in [0.15, 0.2) is 5.58 Å². The molecule has 0 saturated carbocycles. The molecule has 4 nitrogen and oxygen atoms in total. The first-order chi connectivity index (χ1) is 15.2. The molecule has 170 valence electrons. The molecule has 1 aliphatic heterocycles. The highest BCUT2D eigenvalue weighted by Gasteiger charge is 2.40. The zero-order chi connectivity index (χ0) is 23.0. The minimum Gasteiger partial charge on any atom is -0.507 e. The highest BCUT2D eigenvalue weighted by Crippen LogP contribution is 2.41. The summed E-state index contributed by atoms with van der Waals surface area (Å²) >= 11 is 12.0. The van der Waals surface area contributed by atoms with E-state index in [1.807, 2.05) is 0 Å². The fourth-order valence-corrected chi connectivity index (χ4v) is 4.77. The monoisotopic (exact) mass is 486 g/mol. The van der Waals surface area contributed by atoms with E-state index >= 15 is 0 Å². The van der Waals surface area contributed by atoms with E-state index in [-0.39, 0.29) is 44.4 Å². The van der Waals surface area contributed by atoms with Crippen LogP contribution in [-0.2, 0) is 12.7 Å². The van der Waals surface area contributed by atoms with Gasteiger partial charge in [-0.3, -0.25) is 4.79 Å². The molecule has 0 bridgehead atoms. The number of phenols is 1.